The molecule has 5 aliphatic rings. The van der Waals surface area contributed by atoms with Crippen LogP contribution in [-0.2, 0) is 6.42 Å². The summed E-state index contributed by atoms with van der Waals surface area (Å²) in [4.78, 5) is 0. The van der Waals surface area contributed by atoms with Crippen LogP contribution in [0.5, 0.6) is 5.75 Å². The number of hydrogen-bond donors (Lipinski definition) is 3. The van der Waals surface area contributed by atoms with E-state index >= 15 is 0 Å². The van der Waals surface area contributed by atoms with Crippen molar-refractivity contribution in [1.29, 1.82) is 0 Å². The standard InChI is InChI=1S/C36H54F2O3/c1-4-24-29-20-23(39)14-16-36(29,3)28-15-17-35(2)26(12-13-27(35)32(28)33(24)40)25(22-9-5-6-10-22)11-7-8-21-18-30(37)34(41)31(38)19-21/h18-19,22-29,32-33,39-41H,4-17,20H2,1-3H3/t23-,24-,25+,26-,27+,28+,29+,32+,33-,35-,36-/m1/s1. The Labute approximate surface area is 246 Å². The van der Waals surface area contributed by atoms with Gasteiger partial charge in [-0.2, -0.15) is 0 Å². The van der Waals surface area contributed by atoms with Crippen LogP contribution in [0.2, 0.25) is 0 Å². The first-order chi connectivity index (χ1) is 19.6. The van der Waals surface area contributed by atoms with Crippen LogP contribution in [0, 0.1) is 69.8 Å². The number of fused-ring (bicyclic) bond motifs is 5. The lowest BCUT2D eigenvalue weighted by Gasteiger charge is -2.65. The second kappa shape index (κ2) is 11.4. The maximum absolute atomic E-state index is 14.0. The summed E-state index contributed by atoms with van der Waals surface area (Å²) in [6.07, 6.45) is 16.2. The maximum atomic E-state index is 14.0. The summed E-state index contributed by atoms with van der Waals surface area (Å²) in [5.41, 5.74) is 1.10. The summed E-state index contributed by atoms with van der Waals surface area (Å²) in [6, 6.07) is 2.59. The molecule has 41 heavy (non-hydrogen) atoms. The van der Waals surface area contributed by atoms with Crippen molar-refractivity contribution in [3.05, 3.63) is 29.3 Å². The first-order valence-electron chi connectivity index (χ1n) is 17.1. The Bertz CT molecular complexity index is 1060. The normalized spacial score (nSPS) is 43.4. The molecule has 6 rings (SSSR count). The number of aryl methyl sites for hydroxylation is 1. The quantitative estimate of drug-likeness (QED) is 0.307. The Morgan fingerprint density at radius 1 is 0.878 bits per heavy atom. The number of aromatic hydroxyl groups is 1. The molecule has 0 amide bonds. The Hall–Kier alpha value is -1.20. The highest BCUT2D eigenvalue weighted by Crippen LogP contribution is 2.70. The molecule has 230 valence electrons. The zero-order valence-electron chi connectivity index (χ0n) is 25.6. The number of phenolic OH excluding ortho intramolecular Hbond substituents is 1. The molecule has 0 aromatic heterocycles. The second-order valence-corrected chi connectivity index (χ2v) is 15.6. The molecule has 11 atom stereocenters. The maximum Gasteiger partial charge on any atom is 0.187 e. The molecule has 0 radical (unpaired) electrons. The molecule has 3 N–H and O–H groups in total. The van der Waals surface area contributed by atoms with Gasteiger partial charge in [0.05, 0.1) is 12.2 Å². The van der Waals surface area contributed by atoms with E-state index in [-0.39, 0.29) is 29.0 Å². The predicted octanol–water partition coefficient (Wildman–Crippen LogP) is 8.43. The summed E-state index contributed by atoms with van der Waals surface area (Å²) in [5.74, 6) is 1.60. The number of hydrogen-bond acceptors (Lipinski definition) is 3. The van der Waals surface area contributed by atoms with Gasteiger partial charge in [0, 0.05) is 0 Å². The first kappa shape index (κ1) is 29.9. The highest BCUT2D eigenvalue weighted by molar-refractivity contribution is 5.30. The van der Waals surface area contributed by atoms with E-state index in [0.29, 0.717) is 47.5 Å². The molecule has 0 saturated heterocycles. The van der Waals surface area contributed by atoms with Crippen molar-refractivity contribution in [2.24, 2.45) is 58.2 Å². The van der Waals surface area contributed by atoms with Crippen LogP contribution in [0.15, 0.2) is 12.1 Å². The molecule has 5 heteroatoms. The van der Waals surface area contributed by atoms with E-state index in [1.54, 1.807) is 0 Å². The van der Waals surface area contributed by atoms with Crippen LogP contribution in [0.3, 0.4) is 0 Å². The van der Waals surface area contributed by atoms with Gasteiger partial charge in [-0.05, 0) is 140 Å². The first-order valence-corrected chi connectivity index (χ1v) is 17.1. The minimum Gasteiger partial charge on any atom is -0.503 e. The smallest absolute Gasteiger partial charge is 0.187 e. The van der Waals surface area contributed by atoms with E-state index in [1.807, 2.05) is 0 Å². The Morgan fingerprint density at radius 2 is 1.54 bits per heavy atom. The molecule has 0 unspecified atom stereocenters. The number of aliphatic hydroxyl groups is 2. The predicted molar refractivity (Wildman–Crippen MR) is 158 cm³/mol. The van der Waals surface area contributed by atoms with E-state index in [0.717, 1.165) is 44.4 Å². The average Bonchev–Trinajstić information content (AvgIpc) is 3.59. The topological polar surface area (TPSA) is 60.7 Å². The lowest BCUT2D eigenvalue weighted by Crippen LogP contribution is -2.62. The third-order valence-electron chi connectivity index (χ3n) is 14.1. The van der Waals surface area contributed by atoms with Crippen molar-refractivity contribution in [1.82, 2.24) is 0 Å². The van der Waals surface area contributed by atoms with Crippen LogP contribution in [0.1, 0.15) is 116 Å². The lowest BCUT2D eigenvalue weighted by molar-refractivity contribution is -0.204. The fourth-order valence-electron chi connectivity index (χ4n) is 12.2. The molecular formula is C36H54F2O3. The van der Waals surface area contributed by atoms with Crippen molar-refractivity contribution in [3.63, 3.8) is 0 Å². The van der Waals surface area contributed by atoms with E-state index < -0.39 is 17.4 Å². The number of phenols is 1. The van der Waals surface area contributed by atoms with Gasteiger partial charge in [-0.3, -0.25) is 0 Å². The van der Waals surface area contributed by atoms with Gasteiger partial charge in [0.15, 0.2) is 17.4 Å². The molecule has 5 fully saturated rings. The van der Waals surface area contributed by atoms with Gasteiger partial charge in [-0.1, -0.05) is 52.9 Å². The fraction of sp³-hybridized carbons (Fsp3) is 0.833. The van der Waals surface area contributed by atoms with Crippen molar-refractivity contribution in [3.8, 4) is 5.75 Å². The number of rotatable bonds is 7. The third-order valence-corrected chi connectivity index (χ3v) is 14.1. The molecule has 0 bridgehead atoms. The molecule has 1 aromatic rings. The van der Waals surface area contributed by atoms with Crippen molar-refractivity contribution in [2.45, 2.75) is 129 Å². The minimum atomic E-state index is -0.877. The lowest BCUT2D eigenvalue weighted by atomic mass is 9.41. The molecule has 0 heterocycles. The molecule has 5 aliphatic carbocycles. The summed E-state index contributed by atoms with van der Waals surface area (Å²) in [6.45, 7) is 7.34. The summed E-state index contributed by atoms with van der Waals surface area (Å²) in [7, 11) is 0. The van der Waals surface area contributed by atoms with E-state index in [2.05, 4.69) is 20.8 Å². The van der Waals surface area contributed by atoms with Crippen LogP contribution >= 0.6 is 0 Å². The zero-order chi connectivity index (χ0) is 29.1. The molecule has 0 aliphatic heterocycles. The van der Waals surface area contributed by atoms with Gasteiger partial charge >= 0.3 is 0 Å². The molecule has 0 spiro atoms. The Morgan fingerprint density at radius 3 is 2.22 bits per heavy atom. The molecule has 3 nitrogen and oxygen atoms in total. The van der Waals surface area contributed by atoms with Crippen LogP contribution in [-0.4, -0.2) is 27.5 Å². The second-order valence-electron chi connectivity index (χ2n) is 15.6. The number of benzene rings is 1. The van der Waals surface area contributed by atoms with Gasteiger partial charge < -0.3 is 15.3 Å². The van der Waals surface area contributed by atoms with Crippen molar-refractivity contribution >= 4 is 0 Å². The number of aliphatic hydroxyl groups excluding tert-OH is 2. The van der Waals surface area contributed by atoms with E-state index in [9.17, 15) is 24.1 Å². The largest absolute Gasteiger partial charge is 0.503 e. The highest BCUT2D eigenvalue weighted by Gasteiger charge is 2.65. The third kappa shape index (κ3) is 4.97. The summed E-state index contributed by atoms with van der Waals surface area (Å²) in [5, 5.41) is 32.2. The van der Waals surface area contributed by atoms with E-state index in [1.165, 1.54) is 63.5 Å². The van der Waals surface area contributed by atoms with Crippen LogP contribution < -0.4 is 0 Å². The summed E-state index contributed by atoms with van der Waals surface area (Å²) >= 11 is 0. The van der Waals surface area contributed by atoms with Gasteiger partial charge in [0.25, 0.3) is 0 Å². The molecule has 5 saturated carbocycles. The SMILES string of the molecule is CC[C@H]1[C@@H](O)[C@@H]2[C@H](CC[C@]3(C)[C@@H]([C@@H](CCCc4cc(F)c(O)c(F)c4)C4CCCC4)CC[C@@H]23)[C@@]2(C)CC[C@@H](O)C[C@@H]12. The van der Waals surface area contributed by atoms with Gasteiger partial charge in [0.1, 0.15) is 0 Å². The van der Waals surface area contributed by atoms with Gasteiger partial charge in [-0.25, -0.2) is 8.78 Å². The van der Waals surface area contributed by atoms with Crippen LogP contribution in [0.4, 0.5) is 8.78 Å². The van der Waals surface area contributed by atoms with Crippen molar-refractivity contribution < 1.29 is 24.1 Å². The van der Waals surface area contributed by atoms with Gasteiger partial charge in [0.2, 0.25) is 0 Å². The van der Waals surface area contributed by atoms with Crippen LogP contribution in [0.25, 0.3) is 0 Å². The minimum absolute atomic E-state index is 0.211. The Balaban J connectivity index is 1.23. The number of halogens is 2. The fourth-order valence-corrected chi connectivity index (χ4v) is 12.2. The summed E-state index contributed by atoms with van der Waals surface area (Å²) < 4.78 is 28.0. The molecule has 1 aromatic carbocycles. The van der Waals surface area contributed by atoms with Crippen molar-refractivity contribution in [2.75, 3.05) is 0 Å². The van der Waals surface area contributed by atoms with Gasteiger partial charge in [-0.15, -0.1) is 0 Å². The monoisotopic (exact) mass is 572 g/mol. The Kier molecular flexibility index (Phi) is 8.29. The van der Waals surface area contributed by atoms with E-state index in [4.69, 9.17) is 0 Å². The highest BCUT2D eigenvalue weighted by atomic mass is 19.1. The average molecular weight is 573 g/mol. The zero-order valence-corrected chi connectivity index (χ0v) is 25.6. The molecular weight excluding hydrogens is 518 g/mol.